The molecule has 0 aliphatic heterocycles. The molecule has 0 saturated heterocycles. The van der Waals surface area contributed by atoms with Crippen molar-refractivity contribution in [3.8, 4) is 5.75 Å². The highest BCUT2D eigenvalue weighted by molar-refractivity contribution is 9.10. The molecule has 0 atom stereocenters. The molecular weight excluding hydrogens is 334 g/mol. The monoisotopic (exact) mass is 349 g/mol. The van der Waals surface area contributed by atoms with Crippen LogP contribution in [0.25, 0.3) is 0 Å². The zero-order valence-electron chi connectivity index (χ0n) is 11.6. The van der Waals surface area contributed by atoms with Gasteiger partial charge in [-0.1, -0.05) is 28.1 Å². The molecule has 2 aromatic carbocycles. The third-order valence-electron chi connectivity index (χ3n) is 2.85. The molecule has 21 heavy (non-hydrogen) atoms. The Morgan fingerprint density at radius 2 is 1.76 bits per heavy atom. The van der Waals surface area contributed by atoms with E-state index in [2.05, 4.69) is 38.1 Å². The Labute approximate surface area is 132 Å². The van der Waals surface area contributed by atoms with E-state index in [-0.39, 0.29) is 6.61 Å². The van der Waals surface area contributed by atoms with Gasteiger partial charge in [-0.3, -0.25) is 0 Å². The first kappa shape index (κ1) is 15.4. The second-order valence-electron chi connectivity index (χ2n) is 4.37. The summed E-state index contributed by atoms with van der Waals surface area (Å²) in [5, 5.41) is 3.32. The lowest BCUT2D eigenvalue weighted by molar-refractivity contribution is -0.142. The van der Waals surface area contributed by atoms with Gasteiger partial charge in [0.15, 0.2) is 6.61 Å². The standard InChI is InChI=1S/C16H16BrNO3/c1-20-16(19)11-21-15-8-6-14(7-9-15)18-10-12-2-4-13(17)5-3-12/h2-9,18H,10-11H2,1H3. The molecule has 0 aliphatic rings. The largest absolute Gasteiger partial charge is 0.482 e. The van der Waals surface area contributed by atoms with E-state index in [4.69, 9.17) is 4.74 Å². The lowest BCUT2D eigenvalue weighted by Crippen LogP contribution is -2.12. The molecule has 0 heterocycles. The predicted molar refractivity (Wildman–Crippen MR) is 85.4 cm³/mol. The Bertz CT molecular complexity index is 581. The van der Waals surface area contributed by atoms with E-state index >= 15 is 0 Å². The Morgan fingerprint density at radius 3 is 2.38 bits per heavy atom. The van der Waals surface area contributed by atoms with Crippen molar-refractivity contribution >= 4 is 27.6 Å². The Morgan fingerprint density at radius 1 is 1.10 bits per heavy atom. The summed E-state index contributed by atoms with van der Waals surface area (Å²) in [6.07, 6.45) is 0. The van der Waals surface area contributed by atoms with Crippen molar-refractivity contribution in [3.63, 3.8) is 0 Å². The van der Waals surface area contributed by atoms with Crippen LogP contribution in [0.1, 0.15) is 5.56 Å². The molecular formula is C16H16BrNO3. The molecule has 5 heteroatoms. The molecule has 0 radical (unpaired) electrons. The van der Waals surface area contributed by atoms with Crippen molar-refractivity contribution in [2.75, 3.05) is 19.0 Å². The summed E-state index contributed by atoms with van der Waals surface area (Å²) in [6.45, 7) is 0.664. The zero-order chi connectivity index (χ0) is 15.1. The molecule has 4 nitrogen and oxygen atoms in total. The fourth-order valence-electron chi connectivity index (χ4n) is 1.68. The number of hydrogen-bond donors (Lipinski definition) is 1. The first-order valence-corrected chi connectivity index (χ1v) is 7.24. The van der Waals surface area contributed by atoms with Crippen molar-refractivity contribution in [1.82, 2.24) is 0 Å². The van der Waals surface area contributed by atoms with Gasteiger partial charge in [0, 0.05) is 16.7 Å². The maximum Gasteiger partial charge on any atom is 0.343 e. The van der Waals surface area contributed by atoms with Gasteiger partial charge in [0.05, 0.1) is 7.11 Å². The molecule has 0 unspecified atom stereocenters. The third-order valence-corrected chi connectivity index (χ3v) is 3.38. The van der Waals surface area contributed by atoms with Crippen LogP contribution in [0, 0.1) is 0 Å². The molecule has 0 aromatic heterocycles. The van der Waals surface area contributed by atoms with Crippen LogP contribution in [0.3, 0.4) is 0 Å². The average Bonchev–Trinajstić information content (AvgIpc) is 2.53. The maximum absolute atomic E-state index is 11.0. The van der Waals surface area contributed by atoms with Gasteiger partial charge in [-0.05, 0) is 42.0 Å². The van der Waals surface area contributed by atoms with Crippen molar-refractivity contribution in [1.29, 1.82) is 0 Å². The van der Waals surface area contributed by atoms with E-state index in [9.17, 15) is 4.79 Å². The van der Waals surface area contributed by atoms with Gasteiger partial charge >= 0.3 is 5.97 Å². The second kappa shape index (κ2) is 7.69. The number of anilines is 1. The van der Waals surface area contributed by atoms with Crippen LogP contribution in [0.15, 0.2) is 53.0 Å². The van der Waals surface area contributed by atoms with Crippen LogP contribution in [0.4, 0.5) is 5.69 Å². The number of carbonyl (C=O) groups excluding carboxylic acids is 1. The van der Waals surface area contributed by atoms with Crippen LogP contribution in [-0.2, 0) is 16.1 Å². The number of esters is 1. The number of halogens is 1. The molecule has 0 bridgehead atoms. The highest BCUT2D eigenvalue weighted by atomic mass is 79.9. The van der Waals surface area contributed by atoms with Gasteiger partial charge in [0.2, 0.25) is 0 Å². The summed E-state index contributed by atoms with van der Waals surface area (Å²) in [5.41, 5.74) is 2.19. The maximum atomic E-state index is 11.0. The summed E-state index contributed by atoms with van der Waals surface area (Å²) in [7, 11) is 1.33. The number of ether oxygens (including phenoxy) is 2. The SMILES string of the molecule is COC(=O)COc1ccc(NCc2ccc(Br)cc2)cc1. The zero-order valence-corrected chi connectivity index (χ0v) is 13.2. The minimum absolute atomic E-state index is 0.0812. The quantitative estimate of drug-likeness (QED) is 0.809. The summed E-state index contributed by atoms with van der Waals surface area (Å²) in [6, 6.07) is 15.6. The number of nitrogens with one attached hydrogen (secondary N) is 1. The number of carbonyl (C=O) groups is 1. The molecule has 0 saturated carbocycles. The highest BCUT2D eigenvalue weighted by Crippen LogP contribution is 2.17. The number of methoxy groups -OCH3 is 1. The van der Waals surface area contributed by atoms with Gasteiger partial charge in [-0.25, -0.2) is 4.79 Å². The summed E-state index contributed by atoms with van der Waals surface area (Å²) < 4.78 is 10.9. The molecule has 0 aliphatic carbocycles. The van der Waals surface area contributed by atoms with Crippen molar-refractivity contribution in [2.45, 2.75) is 6.54 Å². The number of hydrogen-bond acceptors (Lipinski definition) is 4. The normalized spacial score (nSPS) is 10.0. The van der Waals surface area contributed by atoms with E-state index in [1.54, 1.807) is 0 Å². The van der Waals surface area contributed by atoms with E-state index in [1.165, 1.54) is 12.7 Å². The van der Waals surface area contributed by atoms with Gasteiger partial charge < -0.3 is 14.8 Å². The van der Waals surface area contributed by atoms with Crippen molar-refractivity contribution < 1.29 is 14.3 Å². The van der Waals surface area contributed by atoms with Gasteiger partial charge in [0.1, 0.15) is 5.75 Å². The fourth-order valence-corrected chi connectivity index (χ4v) is 1.94. The summed E-state index contributed by atoms with van der Waals surface area (Å²) >= 11 is 3.41. The predicted octanol–water partition coefficient (Wildman–Crippen LogP) is 3.61. The third kappa shape index (κ3) is 5.11. The first-order chi connectivity index (χ1) is 10.2. The van der Waals surface area contributed by atoms with Crippen LogP contribution >= 0.6 is 15.9 Å². The van der Waals surface area contributed by atoms with Crippen molar-refractivity contribution in [3.05, 3.63) is 58.6 Å². The average molecular weight is 350 g/mol. The van der Waals surface area contributed by atoms with Crippen LogP contribution in [0.5, 0.6) is 5.75 Å². The van der Waals surface area contributed by atoms with E-state index in [0.29, 0.717) is 5.75 Å². The van der Waals surface area contributed by atoms with Gasteiger partial charge in [0.25, 0.3) is 0 Å². The first-order valence-electron chi connectivity index (χ1n) is 6.45. The molecule has 0 fully saturated rings. The Kier molecular flexibility index (Phi) is 5.63. The molecule has 2 rings (SSSR count). The smallest absolute Gasteiger partial charge is 0.343 e. The lowest BCUT2D eigenvalue weighted by atomic mass is 10.2. The van der Waals surface area contributed by atoms with Gasteiger partial charge in [-0.15, -0.1) is 0 Å². The Balaban J connectivity index is 1.84. The summed E-state index contributed by atoms with van der Waals surface area (Å²) in [5.74, 6) is 0.238. The number of benzene rings is 2. The van der Waals surface area contributed by atoms with E-state index < -0.39 is 5.97 Å². The molecule has 2 aromatic rings. The summed E-state index contributed by atoms with van der Waals surface area (Å²) in [4.78, 5) is 11.0. The van der Waals surface area contributed by atoms with Crippen molar-refractivity contribution in [2.24, 2.45) is 0 Å². The van der Waals surface area contributed by atoms with Crippen LogP contribution in [-0.4, -0.2) is 19.7 Å². The van der Waals surface area contributed by atoms with Crippen LogP contribution in [0.2, 0.25) is 0 Å². The van der Waals surface area contributed by atoms with Crippen LogP contribution < -0.4 is 10.1 Å². The molecule has 0 amide bonds. The highest BCUT2D eigenvalue weighted by Gasteiger charge is 2.01. The fraction of sp³-hybridized carbons (Fsp3) is 0.188. The Hall–Kier alpha value is -2.01. The topological polar surface area (TPSA) is 47.6 Å². The molecule has 1 N–H and O–H groups in total. The molecule has 0 spiro atoms. The minimum Gasteiger partial charge on any atom is -0.482 e. The molecule has 110 valence electrons. The lowest BCUT2D eigenvalue weighted by Gasteiger charge is -2.08. The van der Waals surface area contributed by atoms with E-state index in [1.807, 2.05) is 36.4 Å². The van der Waals surface area contributed by atoms with E-state index in [0.717, 1.165) is 16.7 Å². The second-order valence-corrected chi connectivity index (χ2v) is 5.28. The number of rotatable bonds is 6. The minimum atomic E-state index is -0.396. The van der Waals surface area contributed by atoms with Gasteiger partial charge in [-0.2, -0.15) is 0 Å².